The average Bonchev–Trinajstić information content (AvgIpc) is 2.86. The van der Waals surface area contributed by atoms with E-state index in [2.05, 4.69) is 40.3 Å². The Labute approximate surface area is 103 Å². The summed E-state index contributed by atoms with van der Waals surface area (Å²) in [5.74, 6) is 0.391. The molecule has 2 rings (SSSR count). The number of hydrogen-bond acceptors (Lipinski definition) is 5. The fraction of sp³-hybridized carbons (Fsp3) is 0.455. The van der Waals surface area contributed by atoms with Gasteiger partial charge in [-0.25, -0.2) is 0 Å². The van der Waals surface area contributed by atoms with Crippen LogP contribution < -0.4 is 5.73 Å². The van der Waals surface area contributed by atoms with E-state index in [4.69, 9.17) is 5.73 Å². The van der Waals surface area contributed by atoms with Gasteiger partial charge in [-0.05, 0) is 46.3 Å². The Morgan fingerprint density at radius 3 is 2.88 bits per heavy atom. The smallest absolute Gasteiger partial charge is 0.0829 e. The van der Waals surface area contributed by atoms with Gasteiger partial charge in [0.2, 0.25) is 0 Å². The van der Waals surface area contributed by atoms with Crippen LogP contribution in [0.15, 0.2) is 16.8 Å². The molecule has 0 aliphatic carbocycles. The van der Waals surface area contributed by atoms with Gasteiger partial charge >= 0.3 is 0 Å². The lowest BCUT2D eigenvalue weighted by molar-refractivity contribution is 0.702. The van der Waals surface area contributed by atoms with Crippen molar-refractivity contribution >= 4 is 22.9 Å². The zero-order chi connectivity index (χ0) is 11.5. The first-order valence-electron chi connectivity index (χ1n) is 5.27. The molecule has 0 aliphatic heterocycles. The molecule has 2 N–H and O–H groups in total. The minimum absolute atomic E-state index is 0.0204. The highest BCUT2D eigenvalue weighted by Crippen LogP contribution is 2.27. The summed E-state index contributed by atoms with van der Waals surface area (Å²) in [4.78, 5) is 1.13. The molecular weight excluding hydrogens is 238 g/mol. The second-order valence-corrected chi connectivity index (χ2v) is 5.69. The fourth-order valence-corrected chi connectivity index (χ4v) is 3.10. The summed E-state index contributed by atoms with van der Waals surface area (Å²) < 4.78 is 4.01. The quantitative estimate of drug-likeness (QED) is 0.911. The van der Waals surface area contributed by atoms with Crippen LogP contribution in [0.3, 0.4) is 0 Å². The van der Waals surface area contributed by atoms with E-state index < -0.39 is 0 Å². The molecule has 1 atom stereocenters. The number of nitrogens with two attached hydrogens (primary N) is 1. The Morgan fingerprint density at radius 1 is 1.44 bits per heavy atom. The van der Waals surface area contributed by atoms with Crippen molar-refractivity contribution in [3.05, 3.63) is 33.0 Å². The van der Waals surface area contributed by atoms with Crippen LogP contribution in [0.25, 0.3) is 0 Å². The molecule has 0 radical (unpaired) electrons. The maximum Gasteiger partial charge on any atom is 0.0829 e. The predicted molar refractivity (Wildman–Crippen MR) is 68.9 cm³/mol. The third kappa shape index (κ3) is 2.48. The summed E-state index contributed by atoms with van der Waals surface area (Å²) in [6, 6.07) is 2.14. The van der Waals surface area contributed by atoms with E-state index in [1.807, 2.05) is 0 Å². The Bertz CT molecular complexity index is 434. The van der Waals surface area contributed by atoms with Gasteiger partial charge in [0.1, 0.15) is 0 Å². The van der Waals surface area contributed by atoms with Crippen molar-refractivity contribution < 1.29 is 0 Å². The molecule has 0 fully saturated rings. The highest BCUT2D eigenvalue weighted by atomic mass is 32.1. The number of hydrogen-bond donors (Lipinski definition) is 1. The minimum atomic E-state index is 0.0204. The topological polar surface area (TPSA) is 51.8 Å². The molecule has 16 heavy (non-hydrogen) atoms. The van der Waals surface area contributed by atoms with Crippen molar-refractivity contribution in [1.82, 2.24) is 9.59 Å². The molecule has 0 saturated carbocycles. The molecule has 0 saturated heterocycles. The number of aromatic nitrogens is 2. The lowest BCUT2D eigenvalue weighted by atomic mass is 10.0. The van der Waals surface area contributed by atoms with Gasteiger partial charge in [0.25, 0.3) is 0 Å². The minimum Gasteiger partial charge on any atom is -0.323 e. The van der Waals surface area contributed by atoms with Crippen molar-refractivity contribution in [3.63, 3.8) is 0 Å². The molecule has 0 bridgehead atoms. The first-order chi connectivity index (χ1) is 7.68. The van der Waals surface area contributed by atoms with Gasteiger partial charge in [-0.15, -0.1) is 5.10 Å². The largest absolute Gasteiger partial charge is 0.323 e. The lowest BCUT2D eigenvalue weighted by Crippen LogP contribution is -2.14. The normalized spacial score (nSPS) is 13.2. The van der Waals surface area contributed by atoms with Crippen molar-refractivity contribution in [2.75, 3.05) is 0 Å². The van der Waals surface area contributed by atoms with Gasteiger partial charge < -0.3 is 5.73 Å². The van der Waals surface area contributed by atoms with Crippen molar-refractivity contribution in [2.45, 2.75) is 32.2 Å². The van der Waals surface area contributed by atoms with Crippen LogP contribution in [-0.2, 0) is 6.42 Å². The second kappa shape index (κ2) is 5.03. The molecule has 2 heterocycles. The van der Waals surface area contributed by atoms with Crippen LogP contribution in [0.2, 0.25) is 0 Å². The summed E-state index contributed by atoms with van der Waals surface area (Å²) in [6.07, 6.45) is 0.868. The van der Waals surface area contributed by atoms with Crippen LogP contribution in [0, 0.1) is 0 Å². The molecule has 0 aromatic carbocycles. The Hall–Kier alpha value is -0.780. The van der Waals surface area contributed by atoms with Crippen molar-refractivity contribution in [1.29, 1.82) is 0 Å². The van der Waals surface area contributed by atoms with E-state index in [0.29, 0.717) is 5.92 Å². The number of rotatable bonds is 4. The van der Waals surface area contributed by atoms with Gasteiger partial charge in [-0.2, -0.15) is 11.3 Å². The van der Waals surface area contributed by atoms with Crippen LogP contribution in [0.5, 0.6) is 0 Å². The Morgan fingerprint density at radius 2 is 2.25 bits per heavy atom. The van der Waals surface area contributed by atoms with Gasteiger partial charge in [0.15, 0.2) is 0 Å². The van der Waals surface area contributed by atoms with Crippen LogP contribution >= 0.6 is 22.9 Å². The number of nitrogens with zero attached hydrogens (tertiary/aromatic N) is 2. The van der Waals surface area contributed by atoms with E-state index in [1.165, 1.54) is 17.1 Å². The van der Waals surface area contributed by atoms with Crippen LogP contribution in [-0.4, -0.2) is 9.59 Å². The predicted octanol–water partition coefficient (Wildman–Crippen LogP) is 2.97. The standard InChI is InChI=1S/C11H15N3S2/c1-7(2)10-11(16-14-13-10)9(12)5-8-3-4-15-6-8/h3-4,6-7,9H,5,12H2,1-2H3. The van der Waals surface area contributed by atoms with Crippen molar-refractivity contribution in [2.24, 2.45) is 5.73 Å². The fourth-order valence-electron chi connectivity index (χ4n) is 1.62. The molecule has 86 valence electrons. The molecule has 0 spiro atoms. The summed E-state index contributed by atoms with van der Waals surface area (Å²) in [6.45, 7) is 4.25. The van der Waals surface area contributed by atoms with E-state index in [9.17, 15) is 0 Å². The number of thiophene rings is 1. The Balaban J connectivity index is 2.14. The molecule has 2 aromatic rings. The van der Waals surface area contributed by atoms with Gasteiger partial charge in [-0.1, -0.05) is 18.3 Å². The first kappa shape index (κ1) is 11.7. The summed E-state index contributed by atoms with van der Waals surface area (Å²) in [7, 11) is 0. The average molecular weight is 253 g/mol. The van der Waals surface area contributed by atoms with E-state index in [0.717, 1.165) is 17.0 Å². The van der Waals surface area contributed by atoms with Crippen LogP contribution in [0.4, 0.5) is 0 Å². The van der Waals surface area contributed by atoms with E-state index in [-0.39, 0.29) is 6.04 Å². The zero-order valence-electron chi connectivity index (χ0n) is 9.38. The van der Waals surface area contributed by atoms with E-state index >= 15 is 0 Å². The molecule has 5 heteroatoms. The summed E-state index contributed by atoms with van der Waals surface area (Å²) in [5, 5.41) is 8.38. The highest BCUT2D eigenvalue weighted by Gasteiger charge is 2.18. The maximum atomic E-state index is 6.20. The SMILES string of the molecule is CC(C)c1nnsc1C(N)Cc1ccsc1. The van der Waals surface area contributed by atoms with Gasteiger partial charge in [0.05, 0.1) is 10.6 Å². The molecule has 3 nitrogen and oxygen atoms in total. The monoisotopic (exact) mass is 253 g/mol. The molecule has 1 unspecified atom stereocenters. The van der Waals surface area contributed by atoms with Gasteiger partial charge in [-0.3, -0.25) is 0 Å². The third-order valence-electron chi connectivity index (χ3n) is 2.46. The third-order valence-corrected chi connectivity index (χ3v) is 4.06. The van der Waals surface area contributed by atoms with E-state index in [1.54, 1.807) is 11.3 Å². The van der Waals surface area contributed by atoms with Crippen molar-refractivity contribution in [3.8, 4) is 0 Å². The molecular formula is C11H15N3S2. The summed E-state index contributed by atoms with van der Waals surface area (Å²) >= 11 is 3.13. The molecule has 0 amide bonds. The van der Waals surface area contributed by atoms with Gasteiger partial charge in [0, 0.05) is 6.04 Å². The maximum absolute atomic E-state index is 6.20. The Kier molecular flexibility index (Phi) is 3.68. The highest BCUT2D eigenvalue weighted by molar-refractivity contribution is 7.08. The molecule has 0 aliphatic rings. The van der Waals surface area contributed by atoms with Crippen LogP contribution in [0.1, 0.15) is 41.9 Å². The lowest BCUT2D eigenvalue weighted by Gasteiger charge is -2.11. The zero-order valence-corrected chi connectivity index (χ0v) is 11.0. The second-order valence-electron chi connectivity index (χ2n) is 4.12. The first-order valence-corrected chi connectivity index (χ1v) is 6.99. The molecule has 2 aromatic heterocycles. The summed E-state index contributed by atoms with van der Waals surface area (Å²) in [5.41, 5.74) is 8.55.